The molecule has 1 atom stereocenters. The second kappa shape index (κ2) is 3.39. The van der Waals surface area contributed by atoms with Crippen LogP contribution in [0.4, 0.5) is 0 Å². The molecule has 3 rings (SSSR count). The highest BCUT2D eigenvalue weighted by molar-refractivity contribution is 5.51. The predicted molar refractivity (Wildman–Crippen MR) is 57.3 cm³/mol. The van der Waals surface area contributed by atoms with Crippen molar-refractivity contribution in [1.82, 2.24) is 4.90 Å². The summed E-state index contributed by atoms with van der Waals surface area (Å²) in [5.74, 6) is 1.56. The number of fused-ring (bicyclic) bond motifs is 2. The number of benzene rings is 1. The van der Waals surface area contributed by atoms with Crippen LogP contribution < -0.4 is 9.47 Å². The largest absolute Gasteiger partial charge is 0.454 e. The molecule has 0 saturated carbocycles. The number of hydrogen-bond acceptors (Lipinski definition) is 4. The summed E-state index contributed by atoms with van der Waals surface area (Å²) in [5.41, 5.74) is 2.26. The third kappa shape index (κ3) is 1.25. The normalized spacial score (nSPS) is 22.6. The minimum atomic E-state index is -0.168. The Kier molecular flexibility index (Phi) is 2.01. The lowest BCUT2D eigenvalue weighted by Crippen LogP contribution is -2.31. The average molecular weight is 216 g/mol. The Morgan fingerprint density at radius 1 is 1.38 bits per heavy atom. The molecular formula is C12H12N2O2. The van der Waals surface area contributed by atoms with E-state index in [0.29, 0.717) is 0 Å². The van der Waals surface area contributed by atoms with Gasteiger partial charge >= 0.3 is 0 Å². The van der Waals surface area contributed by atoms with Gasteiger partial charge in [-0.1, -0.05) is 0 Å². The molecule has 0 amide bonds. The van der Waals surface area contributed by atoms with E-state index >= 15 is 0 Å². The highest BCUT2D eigenvalue weighted by Gasteiger charge is 2.27. The van der Waals surface area contributed by atoms with Crippen molar-refractivity contribution in [2.24, 2.45) is 0 Å². The molecule has 1 aromatic rings. The number of rotatable bonds is 0. The van der Waals surface area contributed by atoms with Crippen molar-refractivity contribution >= 4 is 0 Å². The van der Waals surface area contributed by atoms with Gasteiger partial charge in [0.25, 0.3) is 0 Å². The molecule has 82 valence electrons. The van der Waals surface area contributed by atoms with Gasteiger partial charge in [-0.25, -0.2) is 0 Å². The summed E-state index contributed by atoms with van der Waals surface area (Å²) in [6.07, 6.45) is 0.959. The minimum Gasteiger partial charge on any atom is -0.454 e. The van der Waals surface area contributed by atoms with Gasteiger partial charge in [0.2, 0.25) is 6.79 Å². The molecule has 2 aliphatic rings. The Hall–Kier alpha value is -1.73. The van der Waals surface area contributed by atoms with Gasteiger partial charge in [0.15, 0.2) is 11.5 Å². The second-order valence-electron chi connectivity index (χ2n) is 4.17. The Morgan fingerprint density at radius 3 is 2.88 bits per heavy atom. The third-order valence-corrected chi connectivity index (χ3v) is 3.23. The van der Waals surface area contributed by atoms with Gasteiger partial charge in [0, 0.05) is 6.54 Å². The van der Waals surface area contributed by atoms with Gasteiger partial charge < -0.3 is 9.47 Å². The van der Waals surface area contributed by atoms with Crippen LogP contribution in [0.25, 0.3) is 0 Å². The number of likely N-dealkylation sites (N-methyl/N-ethyl adjacent to an activating group) is 1. The lowest BCUT2D eigenvalue weighted by molar-refractivity contribution is 0.174. The zero-order valence-corrected chi connectivity index (χ0v) is 9.06. The highest BCUT2D eigenvalue weighted by Crippen LogP contribution is 2.39. The number of hydrogen-bond donors (Lipinski definition) is 0. The van der Waals surface area contributed by atoms with Crippen LogP contribution in [0.2, 0.25) is 0 Å². The summed E-state index contributed by atoms with van der Waals surface area (Å²) in [6, 6.07) is 6.12. The Balaban J connectivity index is 2.12. The molecular weight excluding hydrogens is 204 g/mol. The molecule has 0 aliphatic carbocycles. The molecule has 2 aliphatic heterocycles. The van der Waals surface area contributed by atoms with E-state index in [-0.39, 0.29) is 12.8 Å². The molecule has 0 aromatic heterocycles. The van der Waals surface area contributed by atoms with Gasteiger partial charge in [-0.05, 0) is 36.7 Å². The molecule has 2 heterocycles. The highest BCUT2D eigenvalue weighted by atomic mass is 16.7. The van der Waals surface area contributed by atoms with E-state index < -0.39 is 0 Å². The lowest BCUT2D eigenvalue weighted by atomic mass is 9.93. The van der Waals surface area contributed by atoms with Crippen LogP contribution in [0.5, 0.6) is 11.5 Å². The van der Waals surface area contributed by atoms with Crippen LogP contribution in [0.15, 0.2) is 12.1 Å². The van der Waals surface area contributed by atoms with Crippen LogP contribution in [0.1, 0.15) is 17.2 Å². The summed E-state index contributed by atoms with van der Waals surface area (Å²) in [7, 11) is 1.97. The fourth-order valence-corrected chi connectivity index (χ4v) is 2.30. The molecule has 0 fully saturated rings. The lowest BCUT2D eigenvalue weighted by Gasteiger charge is -2.30. The van der Waals surface area contributed by atoms with Crippen LogP contribution in [-0.2, 0) is 6.42 Å². The first-order valence-electron chi connectivity index (χ1n) is 5.32. The van der Waals surface area contributed by atoms with Crippen molar-refractivity contribution in [3.05, 3.63) is 23.3 Å². The average Bonchev–Trinajstić information content (AvgIpc) is 2.73. The van der Waals surface area contributed by atoms with Crippen molar-refractivity contribution in [3.63, 3.8) is 0 Å². The van der Waals surface area contributed by atoms with Crippen LogP contribution in [-0.4, -0.2) is 25.3 Å². The van der Waals surface area contributed by atoms with Crippen molar-refractivity contribution < 1.29 is 9.47 Å². The van der Waals surface area contributed by atoms with E-state index in [9.17, 15) is 5.26 Å². The summed E-state index contributed by atoms with van der Waals surface area (Å²) in [6.45, 7) is 1.19. The monoisotopic (exact) mass is 216 g/mol. The van der Waals surface area contributed by atoms with E-state index in [2.05, 4.69) is 11.0 Å². The van der Waals surface area contributed by atoms with E-state index in [0.717, 1.165) is 30.0 Å². The van der Waals surface area contributed by atoms with Crippen LogP contribution >= 0.6 is 0 Å². The zero-order valence-electron chi connectivity index (χ0n) is 9.06. The molecule has 0 bridgehead atoms. The molecule has 4 nitrogen and oxygen atoms in total. The van der Waals surface area contributed by atoms with Crippen molar-refractivity contribution in [1.29, 1.82) is 5.26 Å². The number of ether oxygens (including phenoxy) is 2. The third-order valence-electron chi connectivity index (χ3n) is 3.23. The first-order valence-corrected chi connectivity index (χ1v) is 5.32. The van der Waals surface area contributed by atoms with Gasteiger partial charge in [0.05, 0.1) is 6.07 Å². The minimum absolute atomic E-state index is 0.168. The van der Waals surface area contributed by atoms with Gasteiger partial charge in [0.1, 0.15) is 6.04 Å². The maximum Gasteiger partial charge on any atom is 0.231 e. The maximum atomic E-state index is 9.19. The smallest absolute Gasteiger partial charge is 0.231 e. The topological polar surface area (TPSA) is 45.5 Å². The predicted octanol–water partition coefficient (Wildman–Crippen LogP) is 1.47. The van der Waals surface area contributed by atoms with Crippen LogP contribution in [0, 0.1) is 11.3 Å². The molecule has 1 aromatic carbocycles. The first-order chi connectivity index (χ1) is 7.79. The van der Waals surface area contributed by atoms with Crippen LogP contribution in [0.3, 0.4) is 0 Å². The van der Waals surface area contributed by atoms with E-state index in [1.54, 1.807) is 0 Å². The summed E-state index contributed by atoms with van der Waals surface area (Å²) in [5, 5.41) is 9.19. The van der Waals surface area contributed by atoms with E-state index in [1.165, 1.54) is 5.56 Å². The standard InChI is InChI=1S/C12H12N2O2/c1-14-3-2-8-4-11-12(16-7-15-11)5-9(8)10(14)6-13/h4-5,10H,2-3,7H2,1H3. The molecule has 1 unspecified atom stereocenters. The molecule has 0 saturated heterocycles. The Labute approximate surface area is 94.0 Å². The van der Waals surface area contributed by atoms with Gasteiger partial charge in [-0.15, -0.1) is 0 Å². The Morgan fingerprint density at radius 2 is 2.12 bits per heavy atom. The van der Waals surface area contributed by atoms with Gasteiger partial charge in [-0.3, -0.25) is 4.90 Å². The molecule has 16 heavy (non-hydrogen) atoms. The number of nitriles is 1. The molecule has 4 heteroatoms. The SMILES string of the molecule is CN1CCc2cc3c(cc2C1C#N)OCO3. The second-order valence-corrected chi connectivity index (χ2v) is 4.17. The summed E-state index contributed by atoms with van der Waals surface area (Å²) in [4.78, 5) is 2.06. The number of nitrogens with zero attached hydrogens (tertiary/aromatic N) is 2. The van der Waals surface area contributed by atoms with Crippen molar-refractivity contribution in [2.45, 2.75) is 12.5 Å². The Bertz CT molecular complexity index is 479. The van der Waals surface area contributed by atoms with E-state index in [1.807, 2.05) is 19.2 Å². The quantitative estimate of drug-likeness (QED) is 0.658. The van der Waals surface area contributed by atoms with Crippen molar-refractivity contribution in [2.75, 3.05) is 20.4 Å². The fraction of sp³-hybridized carbons (Fsp3) is 0.417. The molecule has 0 N–H and O–H groups in total. The van der Waals surface area contributed by atoms with Crippen molar-refractivity contribution in [3.8, 4) is 17.6 Å². The zero-order chi connectivity index (χ0) is 11.1. The fourth-order valence-electron chi connectivity index (χ4n) is 2.30. The molecule has 0 radical (unpaired) electrons. The summed E-state index contributed by atoms with van der Waals surface area (Å²) < 4.78 is 10.7. The van der Waals surface area contributed by atoms with Gasteiger partial charge in [-0.2, -0.15) is 5.26 Å². The van der Waals surface area contributed by atoms with E-state index in [4.69, 9.17) is 9.47 Å². The maximum absolute atomic E-state index is 9.19. The first kappa shape index (κ1) is 9.49. The molecule has 0 spiro atoms. The summed E-state index contributed by atoms with van der Waals surface area (Å²) >= 11 is 0.